The van der Waals surface area contributed by atoms with Gasteiger partial charge in [-0.2, -0.15) is 0 Å². The molecule has 0 aliphatic heterocycles. The molecule has 0 unspecified atom stereocenters. The number of nitrogens with one attached hydrogen (secondary N) is 2. The fraction of sp³-hybridized carbons (Fsp3) is 0.571. The molecule has 2 N–H and O–H groups in total. The van der Waals surface area contributed by atoms with Crippen molar-refractivity contribution < 1.29 is 8.42 Å². The molecule has 1 aliphatic rings. The van der Waals surface area contributed by atoms with E-state index in [-0.39, 0.29) is 5.75 Å². The molecule has 0 heterocycles. The van der Waals surface area contributed by atoms with E-state index in [0.29, 0.717) is 25.0 Å². The lowest BCUT2D eigenvalue weighted by atomic mass is 9.76. The van der Waals surface area contributed by atoms with Crippen molar-refractivity contribution in [2.75, 3.05) is 18.8 Å². The van der Waals surface area contributed by atoms with Crippen LogP contribution in [-0.4, -0.2) is 33.3 Å². The van der Waals surface area contributed by atoms with Crippen LogP contribution in [0.5, 0.6) is 0 Å². The standard InChI is InChI=1S/C14H21ClN2O2S/c1-2-17-20(18,19)7-6-16-14-9-12(10-14)11-4-3-5-13(15)8-11/h3-5,8,12,14,16-17H,2,6-7,9-10H2,1H3. The van der Waals surface area contributed by atoms with Gasteiger partial charge in [-0.25, -0.2) is 13.1 Å². The zero-order valence-electron chi connectivity index (χ0n) is 11.6. The smallest absolute Gasteiger partial charge is 0.212 e. The van der Waals surface area contributed by atoms with Crippen LogP contribution in [0.4, 0.5) is 0 Å². The van der Waals surface area contributed by atoms with Crippen molar-refractivity contribution in [2.24, 2.45) is 0 Å². The van der Waals surface area contributed by atoms with E-state index in [9.17, 15) is 8.42 Å². The van der Waals surface area contributed by atoms with E-state index in [1.165, 1.54) is 5.56 Å². The second-order valence-electron chi connectivity index (χ2n) is 5.19. The Morgan fingerprint density at radius 3 is 2.75 bits per heavy atom. The summed E-state index contributed by atoms with van der Waals surface area (Å²) in [6.45, 7) is 2.73. The number of halogens is 1. The van der Waals surface area contributed by atoms with Crippen LogP contribution in [-0.2, 0) is 10.0 Å². The van der Waals surface area contributed by atoms with E-state index in [2.05, 4.69) is 16.1 Å². The third-order valence-corrected chi connectivity index (χ3v) is 5.33. The molecule has 0 radical (unpaired) electrons. The molecular formula is C14H21ClN2O2S. The summed E-state index contributed by atoms with van der Waals surface area (Å²) in [4.78, 5) is 0. The second kappa shape index (κ2) is 6.89. The molecule has 0 atom stereocenters. The zero-order chi connectivity index (χ0) is 14.6. The molecule has 0 amide bonds. The summed E-state index contributed by atoms with van der Waals surface area (Å²) in [7, 11) is -3.11. The van der Waals surface area contributed by atoms with Crippen LogP contribution in [0.25, 0.3) is 0 Å². The molecule has 1 aromatic carbocycles. The monoisotopic (exact) mass is 316 g/mol. The number of hydrogen-bond donors (Lipinski definition) is 2. The van der Waals surface area contributed by atoms with Gasteiger partial charge in [0.1, 0.15) is 0 Å². The first-order valence-corrected chi connectivity index (χ1v) is 8.99. The van der Waals surface area contributed by atoms with Gasteiger partial charge in [0.15, 0.2) is 0 Å². The second-order valence-corrected chi connectivity index (χ2v) is 7.55. The van der Waals surface area contributed by atoms with Crippen molar-refractivity contribution in [1.82, 2.24) is 10.0 Å². The molecule has 112 valence electrons. The minimum absolute atomic E-state index is 0.138. The van der Waals surface area contributed by atoms with Crippen molar-refractivity contribution >= 4 is 21.6 Å². The Hall–Kier alpha value is -0.620. The maximum absolute atomic E-state index is 11.5. The Labute approximate surface area is 126 Å². The van der Waals surface area contributed by atoms with Crippen LogP contribution in [0.15, 0.2) is 24.3 Å². The van der Waals surface area contributed by atoms with Crippen molar-refractivity contribution in [3.05, 3.63) is 34.9 Å². The Bertz CT molecular complexity index is 542. The quantitative estimate of drug-likeness (QED) is 0.810. The number of hydrogen-bond acceptors (Lipinski definition) is 3. The number of benzene rings is 1. The van der Waals surface area contributed by atoms with Crippen LogP contribution in [0.2, 0.25) is 5.02 Å². The SMILES string of the molecule is CCNS(=O)(=O)CCNC1CC(c2cccc(Cl)c2)C1. The molecule has 1 fully saturated rings. The van der Waals surface area contributed by atoms with Gasteiger partial charge >= 0.3 is 0 Å². The van der Waals surface area contributed by atoms with Crippen LogP contribution >= 0.6 is 11.6 Å². The Morgan fingerprint density at radius 2 is 2.10 bits per heavy atom. The van der Waals surface area contributed by atoms with Crippen molar-refractivity contribution in [1.29, 1.82) is 0 Å². The molecule has 6 heteroatoms. The lowest BCUT2D eigenvalue weighted by Gasteiger charge is -2.36. The summed E-state index contributed by atoms with van der Waals surface area (Å²) in [5.41, 5.74) is 1.27. The van der Waals surface area contributed by atoms with Crippen LogP contribution < -0.4 is 10.0 Å². The summed E-state index contributed by atoms with van der Waals surface area (Å²) in [6.07, 6.45) is 2.09. The average molecular weight is 317 g/mol. The maximum Gasteiger partial charge on any atom is 0.212 e. The molecule has 20 heavy (non-hydrogen) atoms. The Kier molecular flexibility index (Phi) is 5.43. The largest absolute Gasteiger partial charge is 0.313 e. The van der Waals surface area contributed by atoms with E-state index in [1.807, 2.05) is 18.2 Å². The zero-order valence-corrected chi connectivity index (χ0v) is 13.2. The summed E-state index contributed by atoms with van der Waals surface area (Å²) in [5.74, 6) is 0.677. The highest BCUT2D eigenvalue weighted by Gasteiger charge is 2.30. The normalized spacial score (nSPS) is 22.5. The van der Waals surface area contributed by atoms with E-state index >= 15 is 0 Å². The van der Waals surface area contributed by atoms with Gasteiger partial charge in [0.2, 0.25) is 10.0 Å². The van der Waals surface area contributed by atoms with Gasteiger partial charge in [0.05, 0.1) is 5.75 Å². The number of sulfonamides is 1. The summed E-state index contributed by atoms with van der Waals surface area (Å²) in [5, 5.41) is 4.07. The fourth-order valence-electron chi connectivity index (χ4n) is 2.51. The highest BCUT2D eigenvalue weighted by Crippen LogP contribution is 2.37. The molecule has 4 nitrogen and oxygen atoms in total. The molecule has 1 aliphatic carbocycles. The first kappa shape index (κ1) is 15.8. The van der Waals surface area contributed by atoms with Crippen molar-refractivity contribution in [3.8, 4) is 0 Å². The first-order valence-electron chi connectivity index (χ1n) is 6.96. The molecule has 1 saturated carbocycles. The third kappa shape index (κ3) is 4.45. The Morgan fingerprint density at radius 1 is 1.35 bits per heavy atom. The van der Waals surface area contributed by atoms with E-state index in [1.54, 1.807) is 6.92 Å². The van der Waals surface area contributed by atoms with E-state index in [0.717, 1.165) is 17.9 Å². The van der Waals surface area contributed by atoms with Gasteiger partial charge in [-0.15, -0.1) is 0 Å². The maximum atomic E-state index is 11.5. The molecule has 2 rings (SSSR count). The molecule has 0 saturated heterocycles. The molecular weight excluding hydrogens is 296 g/mol. The first-order chi connectivity index (χ1) is 9.50. The molecule has 0 aromatic heterocycles. The van der Waals surface area contributed by atoms with Crippen LogP contribution in [0.3, 0.4) is 0 Å². The molecule has 0 spiro atoms. The predicted molar refractivity (Wildman–Crippen MR) is 82.7 cm³/mol. The topological polar surface area (TPSA) is 58.2 Å². The molecule has 1 aromatic rings. The van der Waals surface area contributed by atoms with Gasteiger partial charge in [0, 0.05) is 24.2 Å². The van der Waals surface area contributed by atoms with Crippen LogP contribution in [0.1, 0.15) is 31.2 Å². The van der Waals surface area contributed by atoms with Gasteiger partial charge in [-0.1, -0.05) is 30.7 Å². The van der Waals surface area contributed by atoms with Crippen molar-refractivity contribution in [3.63, 3.8) is 0 Å². The highest BCUT2D eigenvalue weighted by molar-refractivity contribution is 7.89. The van der Waals surface area contributed by atoms with Gasteiger partial charge in [-0.05, 0) is 36.5 Å². The third-order valence-electron chi connectivity index (χ3n) is 3.63. The highest BCUT2D eigenvalue weighted by atomic mass is 35.5. The lowest BCUT2D eigenvalue weighted by Crippen LogP contribution is -2.43. The van der Waals surface area contributed by atoms with Crippen LogP contribution in [0, 0.1) is 0 Å². The van der Waals surface area contributed by atoms with Gasteiger partial charge < -0.3 is 5.32 Å². The fourth-order valence-corrected chi connectivity index (χ4v) is 3.68. The lowest BCUT2D eigenvalue weighted by molar-refractivity contribution is 0.296. The Balaban J connectivity index is 1.70. The summed E-state index contributed by atoms with van der Waals surface area (Å²) >= 11 is 5.98. The summed E-state index contributed by atoms with van der Waals surface area (Å²) in [6, 6.07) is 8.38. The van der Waals surface area contributed by atoms with E-state index in [4.69, 9.17) is 11.6 Å². The minimum atomic E-state index is -3.11. The van der Waals surface area contributed by atoms with Gasteiger partial charge in [0.25, 0.3) is 0 Å². The average Bonchev–Trinajstić information content (AvgIpc) is 2.31. The van der Waals surface area contributed by atoms with E-state index < -0.39 is 10.0 Å². The predicted octanol–water partition coefficient (Wildman–Crippen LogP) is 2.11. The van der Waals surface area contributed by atoms with Crippen molar-refractivity contribution in [2.45, 2.75) is 31.7 Å². The van der Waals surface area contributed by atoms with Gasteiger partial charge in [-0.3, -0.25) is 0 Å². The minimum Gasteiger partial charge on any atom is -0.313 e. The molecule has 0 bridgehead atoms. The number of rotatable bonds is 7. The summed E-state index contributed by atoms with van der Waals surface area (Å²) < 4.78 is 25.4.